The number of hydrogen-bond acceptors (Lipinski definition) is 9. The second-order valence-corrected chi connectivity index (χ2v) is 8.46. The highest BCUT2D eigenvalue weighted by molar-refractivity contribution is 5.94. The topological polar surface area (TPSA) is 146 Å². The van der Waals surface area contributed by atoms with Gasteiger partial charge < -0.3 is 14.2 Å². The number of hydrogen-bond donors (Lipinski definition) is 1. The Hall–Kier alpha value is -5.84. The Morgan fingerprint density at radius 3 is 1.95 bits per heavy atom. The largest absolute Gasteiger partial charge is 0.481 e. The van der Waals surface area contributed by atoms with Crippen molar-refractivity contribution in [2.24, 2.45) is 5.10 Å². The highest BCUT2D eigenvalue weighted by Crippen LogP contribution is 2.26. The number of non-ortho nitro benzene ring substituents is 1. The predicted octanol–water partition coefficient (Wildman–Crippen LogP) is 4.95. The Kier molecular flexibility index (Phi) is 9.13. The van der Waals surface area contributed by atoms with Gasteiger partial charge >= 0.3 is 11.9 Å². The molecule has 4 aromatic rings. The van der Waals surface area contributed by atoms with Crippen LogP contribution in [0, 0.1) is 10.1 Å². The number of amides is 1. The molecule has 0 spiro atoms. The summed E-state index contributed by atoms with van der Waals surface area (Å²) in [5.74, 6) is -1.43. The summed E-state index contributed by atoms with van der Waals surface area (Å²) in [5.41, 5.74) is 3.17. The Morgan fingerprint density at radius 2 is 1.37 bits per heavy atom. The number of carbonyl (C=O) groups is 3. The highest BCUT2D eigenvalue weighted by Gasteiger charge is 2.17. The van der Waals surface area contributed by atoms with Gasteiger partial charge in [-0.2, -0.15) is 5.10 Å². The van der Waals surface area contributed by atoms with E-state index in [1.165, 1.54) is 55.6 Å². The number of rotatable bonds is 10. The molecule has 11 heteroatoms. The SMILES string of the molecule is C[C@H](Oc1ccc([N+](=O)[O-])cc1)C(=O)N/N=C\c1ccc(OC(=O)c2ccccc2)cc1OC(=O)c1ccccc1. The maximum Gasteiger partial charge on any atom is 0.343 e. The van der Waals surface area contributed by atoms with Gasteiger partial charge in [0.25, 0.3) is 11.6 Å². The van der Waals surface area contributed by atoms with Crippen molar-refractivity contribution < 1.29 is 33.5 Å². The normalized spacial score (nSPS) is 11.3. The molecule has 0 aliphatic heterocycles. The summed E-state index contributed by atoms with van der Waals surface area (Å²) in [7, 11) is 0. The number of carbonyl (C=O) groups excluding carboxylic acids is 3. The van der Waals surface area contributed by atoms with E-state index in [4.69, 9.17) is 14.2 Å². The Labute approximate surface area is 234 Å². The second-order valence-electron chi connectivity index (χ2n) is 8.46. The molecule has 41 heavy (non-hydrogen) atoms. The van der Waals surface area contributed by atoms with Crippen LogP contribution in [-0.2, 0) is 4.79 Å². The molecule has 11 nitrogen and oxygen atoms in total. The molecule has 0 bridgehead atoms. The molecule has 1 N–H and O–H groups in total. The van der Waals surface area contributed by atoms with E-state index >= 15 is 0 Å². The maximum absolute atomic E-state index is 12.7. The van der Waals surface area contributed by atoms with Crippen molar-refractivity contribution in [2.45, 2.75) is 13.0 Å². The van der Waals surface area contributed by atoms with Crippen LogP contribution in [0.4, 0.5) is 5.69 Å². The number of benzene rings is 4. The second kappa shape index (κ2) is 13.3. The average molecular weight is 554 g/mol. The zero-order chi connectivity index (χ0) is 29.2. The maximum atomic E-state index is 12.7. The molecule has 0 fully saturated rings. The van der Waals surface area contributed by atoms with E-state index < -0.39 is 28.9 Å². The molecule has 4 rings (SSSR count). The number of nitro benzene ring substituents is 1. The van der Waals surface area contributed by atoms with Gasteiger partial charge in [-0.05, 0) is 55.5 Å². The van der Waals surface area contributed by atoms with Crippen LogP contribution >= 0.6 is 0 Å². The van der Waals surface area contributed by atoms with Crippen LogP contribution in [0.3, 0.4) is 0 Å². The quantitative estimate of drug-likeness (QED) is 0.0954. The van der Waals surface area contributed by atoms with Crippen LogP contribution in [0.15, 0.2) is 108 Å². The third-order valence-electron chi connectivity index (χ3n) is 5.53. The summed E-state index contributed by atoms with van der Waals surface area (Å²) in [4.78, 5) is 47.9. The summed E-state index contributed by atoms with van der Waals surface area (Å²) in [6.45, 7) is 1.48. The summed E-state index contributed by atoms with van der Waals surface area (Å²) < 4.78 is 16.5. The van der Waals surface area contributed by atoms with Gasteiger partial charge in [0.2, 0.25) is 0 Å². The van der Waals surface area contributed by atoms with Crippen LogP contribution < -0.4 is 19.6 Å². The summed E-state index contributed by atoms with van der Waals surface area (Å²) in [5, 5.41) is 14.7. The van der Waals surface area contributed by atoms with Crippen molar-refractivity contribution >= 4 is 29.7 Å². The number of esters is 2. The van der Waals surface area contributed by atoms with Crippen LogP contribution in [0.25, 0.3) is 0 Å². The molecule has 0 saturated heterocycles. The van der Waals surface area contributed by atoms with E-state index in [1.54, 1.807) is 60.7 Å². The van der Waals surface area contributed by atoms with E-state index in [0.717, 1.165) is 0 Å². The van der Waals surface area contributed by atoms with E-state index in [-0.39, 0.29) is 22.9 Å². The van der Waals surface area contributed by atoms with Gasteiger partial charge in [-0.15, -0.1) is 0 Å². The first kappa shape index (κ1) is 28.2. The molecule has 0 aliphatic rings. The van der Waals surface area contributed by atoms with Crippen molar-refractivity contribution in [3.8, 4) is 17.2 Å². The lowest BCUT2D eigenvalue weighted by Crippen LogP contribution is -2.33. The Morgan fingerprint density at radius 1 is 0.805 bits per heavy atom. The monoisotopic (exact) mass is 553 g/mol. The molecule has 1 amide bonds. The molecule has 1 atom stereocenters. The minimum absolute atomic E-state index is 0.0328. The molecule has 0 saturated carbocycles. The third kappa shape index (κ3) is 7.83. The molecule has 0 radical (unpaired) electrons. The lowest BCUT2D eigenvalue weighted by molar-refractivity contribution is -0.384. The Bertz CT molecular complexity index is 1570. The fourth-order valence-electron chi connectivity index (χ4n) is 3.41. The third-order valence-corrected chi connectivity index (χ3v) is 5.53. The van der Waals surface area contributed by atoms with E-state index in [0.29, 0.717) is 16.7 Å². The van der Waals surface area contributed by atoms with Crippen molar-refractivity contribution in [3.05, 3.63) is 130 Å². The van der Waals surface area contributed by atoms with E-state index in [9.17, 15) is 24.5 Å². The number of nitrogens with zero attached hydrogens (tertiary/aromatic N) is 2. The fraction of sp³-hybridized carbons (Fsp3) is 0.0667. The van der Waals surface area contributed by atoms with Gasteiger partial charge in [-0.25, -0.2) is 15.0 Å². The van der Waals surface area contributed by atoms with Crippen molar-refractivity contribution in [3.63, 3.8) is 0 Å². The smallest absolute Gasteiger partial charge is 0.343 e. The van der Waals surface area contributed by atoms with Crippen LogP contribution in [0.1, 0.15) is 33.2 Å². The molecule has 0 unspecified atom stereocenters. The van der Waals surface area contributed by atoms with Gasteiger partial charge in [0.05, 0.1) is 22.3 Å². The zero-order valence-corrected chi connectivity index (χ0v) is 21.6. The number of nitrogens with one attached hydrogen (secondary N) is 1. The lowest BCUT2D eigenvalue weighted by atomic mass is 10.2. The molecule has 4 aromatic carbocycles. The number of hydrazone groups is 1. The number of ether oxygens (including phenoxy) is 3. The van der Waals surface area contributed by atoms with Gasteiger partial charge in [-0.1, -0.05) is 36.4 Å². The first-order valence-electron chi connectivity index (χ1n) is 12.2. The zero-order valence-electron chi connectivity index (χ0n) is 21.6. The first-order valence-corrected chi connectivity index (χ1v) is 12.2. The lowest BCUT2D eigenvalue weighted by Gasteiger charge is -2.13. The predicted molar refractivity (Wildman–Crippen MR) is 148 cm³/mol. The minimum Gasteiger partial charge on any atom is -0.481 e. The van der Waals surface area contributed by atoms with Crippen molar-refractivity contribution in [1.82, 2.24) is 5.43 Å². The summed E-state index contributed by atoms with van der Waals surface area (Å²) >= 11 is 0. The number of nitro groups is 1. The van der Waals surface area contributed by atoms with E-state index in [2.05, 4.69) is 10.5 Å². The van der Waals surface area contributed by atoms with Crippen LogP contribution in [0.5, 0.6) is 17.2 Å². The van der Waals surface area contributed by atoms with Gasteiger partial charge in [0, 0.05) is 23.8 Å². The van der Waals surface area contributed by atoms with Gasteiger partial charge in [0.15, 0.2) is 6.10 Å². The average Bonchev–Trinajstić information content (AvgIpc) is 2.99. The fourth-order valence-corrected chi connectivity index (χ4v) is 3.41. The van der Waals surface area contributed by atoms with Crippen LogP contribution in [-0.4, -0.2) is 35.1 Å². The molecular weight excluding hydrogens is 530 g/mol. The molecule has 0 aromatic heterocycles. The molecular formula is C30H23N3O8. The molecule has 0 heterocycles. The van der Waals surface area contributed by atoms with Crippen molar-refractivity contribution in [1.29, 1.82) is 0 Å². The molecule has 206 valence electrons. The van der Waals surface area contributed by atoms with Gasteiger partial charge in [0.1, 0.15) is 17.2 Å². The standard InChI is InChI=1S/C30H23N3O8/c1-20(39-25-16-13-24(14-17-25)33(37)38)28(34)32-31-19-23-12-15-26(40-29(35)21-8-4-2-5-9-21)18-27(23)41-30(36)22-10-6-3-7-11-22/h2-20H,1H3,(H,32,34)/b31-19-/t20-/m0/s1. The minimum atomic E-state index is -0.983. The first-order chi connectivity index (χ1) is 19.8. The Balaban J connectivity index is 1.47. The molecule has 0 aliphatic carbocycles. The van der Waals surface area contributed by atoms with E-state index in [1.807, 2.05) is 0 Å². The van der Waals surface area contributed by atoms with Crippen molar-refractivity contribution in [2.75, 3.05) is 0 Å². The van der Waals surface area contributed by atoms with Crippen LogP contribution in [0.2, 0.25) is 0 Å². The summed E-state index contributed by atoms with van der Waals surface area (Å²) in [6.07, 6.45) is 0.274. The highest BCUT2D eigenvalue weighted by atomic mass is 16.6. The van der Waals surface area contributed by atoms with Gasteiger partial charge in [-0.3, -0.25) is 14.9 Å². The summed E-state index contributed by atoms with van der Waals surface area (Å²) in [6, 6.07) is 26.3.